The van der Waals surface area contributed by atoms with E-state index in [1.54, 1.807) is 30.2 Å². The Balaban J connectivity index is 1.40. The number of methoxy groups -OCH3 is 1. The quantitative estimate of drug-likeness (QED) is 0.567. The van der Waals surface area contributed by atoms with Gasteiger partial charge in [-0.3, -0.25) is 0 Å². The molecule has 2 aliphatic heterocycles. The normalized spacial score (nSPS) is 15.2. The summed E-state index contributed by atoms with van der Waals surface area (Å²) in [6, 6.07) is 19.2. The van der Waals surface area contributed by atoms with Gasteiger partial charge in [0.25, 0.3) is 0 Å². The molecule has 0 spiro atoms. The van der Waals surface area contributed by atoms with Crippen molar-refractivity contribution in [3.63, 3.8) is 0 Å². The molecule has 0 atom stereocenters. The van der Waals surface area contributed by atoms with Gasteiger partial charge < -0.3 is 24.6 Å². The van der Waals surface area contributed by atoms with Gasteiger partial charge in [-0.15, -0.1) is 0 Å². The molecule has 0 saturated carbocycles. The summed E-state index contributed by atoms with van der Waals surface area (Å²) < 4.78 is 25.6. The SMILES string of the molecule is COc1ccc2c(c1)C(N1CCCN(C(=O)Nc3ccccc3F)CC1)=Nc1ccccc1O2. The van der Waals surface area contributed by atoms with Crippen LogP contribution in [-0.4, -0.2) is 55.0 Å². The van der Waals surface area contributed by atoms with E-state index >= 15 is 0 Å². The van der Waals surface area contributed by atoms with Crippen molar-refractivity contribution < 1.29 is 18.7 Å². The van der Waals surface area contributed by atoms with Gasteiger partial charge in [0.05, 0.1) is 18.4 Å². The molecule has 3 aromatic rings. The van der Waals surface area contributed by atoms with E-state index in [1.807, 2.05) is 42.5 Å². The second-order valence-corrected chi connectivity index (χ2v) is 8.10. The molecule has 0 aliphatic carbocycles. The molecule has 174 valence electrons. The zero-order chi connectivity index (χ0) is 23.5. The van der Waals surface area contributed by atoms with Crippen LogP contribution < -0.4 is 14.8 Å². The van der Waals surface area contributed by atoms with Crippen LogP contribution in [0.2, 0.25) is 0 Å². The first-order valence-corrected chi connectivity index (χ1v) is 11.2. The minimum atomic E-state index is -0.454. The Hall–Kier alpha value is -4.07. The molecule has 34 heavy (non-hydrogen) atoms. The van der Waals surface area contributed by atoms with Crippen molar-refractivity contribution in [2.45, 2.75) is 6.42 Å². The summed E-state index contributed by atoms with van der Waals surface area (Å²) >= 11 is 0. The number of hydrogen-bond donors (Lipinski definition) is 1. The third-order valence-corrected chi connectivity index (χ3v) is 5.94. The van der Waals surface area contributed by atoms with Crippen molar-refractivity contribution in [2.75, 3.05) is 38.6 Å². The lowest BCUT2D eigenvalue weighted by Gasteiger charge is -2.25. The van der Waals surface area contributed by atoms with E-state index in [4.69, 9.17) is 14.5 Å². The fourth-order valence-electron chi connectivity index (χ4n) is 4.16. The average Bonchev–Trinajstić information content (AvgIpc) is 3.20. The predicted molar refractivity (Wildman–Crippen MR) is 129 cm³/mol. The minimum absolute atomic E-state index is 0.177. The van der Waals surface area contributed by atoms with Crippen molar-refractivity contribution in [1.29, 1.82) is 0 Å². The zero-order valence-corrected chi connectivity index (χ0v) is 18.8. The summed E-state index contributed by atoms with van der Waals surface area (Å²) in [7, 11) is 1.63. The highest BCUT2D eigenvalue weighted by molar-refractivity contribution is 6.04. The molecular weight excluding hydrogens is 435 g/mol. The average molecular weight is 461 g/mol. The number of para-hydroxylation sites is 3. The van der Waals surface area contributed by atoms with Gasteiger partial charge in [-0.2, -0.15) is 0 Å². The Labute approximate surface area is 197 Å². The molecule has 3 aromatic carbocycles. The maximum Gasteiger partial charge on any atom is 0.321 e. The van der Waals surface area contributed by atoms with E-state index in [2.05, 4.69) is 10.2 Å². The fourth-order valence-corrected chi connectivity index (χ4v) is 4.16. The van der Waals surface area contributed by atoms with Crippen molar-refractivity contribution in [2.24, 2.45) is 4.99 Å². The van der Waals surface area contributed by atoms with E-state index in [0.717, 1.165) is 23.5 Å². The number of nitrogens with one attached hydrogen (secondary N) is 1. The number of urea groups is 1. The van der Waals surface area contributed by atoms with E-state index < -0.39 is 5.82 Å². The number of carbonyl (C=O) groups excluding carboxylic acids is 1. The van der Waals surface area contributed by atoms with Crippen LogP contribution in [0.5, 0.6) is 17.2 Å². The van der Waals surface area contributed by atoms with Gasteiger partial charge in [-0.25, -0.2) is 14.2 Å². The second kappa shape index (κ2) is 9.43. The molecule has 2 aliphatic rings. The van der Waals surface area contributed by atoms with Crippen LogP contribution in [0.4, 0.5) is 20.6 Å². The summed E-state index contributed by atoms with van der Waals surface area (Å²) in [5.74, 6) is 2.41. The van der Waals surface area contributed by atoms with Gasteiger partial charge in [0.15, 0.2) is 5.75 Å². The summed E-state index contributed by atoms with van der Waals surface area (Å²) in [5, 5.41) is 2.68. The first-order chi connectivity index (χ1) is 16.6. The lowest BCUT2D eigenvalue weighted by Crippen LogP contribution is -2.39. The number of amidine groups is 1. The number of carbonyl (C=O) groups is 1. The minimum Gasteiger partial charge on any atom is -0.497 e. The van der Waals surface area contributed by atoms with Crippen LogP contribution in [0.3, 0.4) is 0 Å². The molecule has 5 rings (SSSR count). The molecule has 1 saturated heterocycles. The summed E-state index contributed by atoms with van der Waals surface area (Å²) in [6.07, 6.45) is 0.742. The second-order valence-electron chi connectivity index (χ2n) is 8.10. The Kier molecular flexibility index (Phi) is 6.03. The number of benzene rings is 3. The van der Waals surface area contributed by atoms with Crippen LogP contribution in [0, 0.1) is 5.82 Å². The van der Waals surface area contributed by atoms with Gasteiger partial charge in [0, 0.05) is 26.2 Å². The molecular formula is C26H25FN4O3. The topological polar surface area (TPSA) is 66.4 Å². The molecule has 1 fully saturated rings. The van der Waals surface area contributed by atoms with Crippen LogP contribution >= 0.6 is 0 Å². The number of aliphatic imine (C=N–C) groups is 1. The zero-order valence-electron chi connectivity index (χ0n) is 18.8. The Morgan fingerprint density at radius 1 is 1.00 bits per heavy atom. The number of amides is 2. The Morgan fingerprint density at radius 3 is 2.68 bits per heavy atom. The van der Waals surface area contributed by atoms with Crippen LogP contribution in [0.15, 0.2) is 71.7 Å². The summed E-state index contributed by atoms with van der Waals surface area (Å²) in [5.41, 5.74) is 1.75. The number of halogens is 1. The Morgan fingerprint density at radius 2 is 1.82 bits per heavy atom. The molecule has 2 amide bonds. The lowest BCUT2D eigenvalue weighted by molar-refractivity contribution is 0.214. The largest absolute Gasteiger partial charge is 0.497 e. The van der Waals surface area contributed by atoms with Gasteiger partial charge in [0.1, 0.15) is 28.8 Å². The summed E-state index contributed by atoms with van der Waals surface area (Å²) in [6.45, 7) is 2.31. The number of rotatable bonds is 2. The van der Waals surface area contributed by atoms with Crippen molar-refractivity contribution >= 4 is 23.2 Å². The first-order valence-electron chi connectivity index (χ1n) is 11.2. The fraction of sp³-hybridized carbons (Fsp3) is 0.231. The third-order valence-electron chi connectivity index (χ3n) is 5.94. The van der Waals surface area contributed by atoms with E-state index in [-0.39, 0.29) is 11.7 Å². The molecule has 0 radical (unpaired) electrons. The lowest BCUT2D eigenvalue weighted by atomic mass is 10.1. The predicted octanol–water partition coefficient (Wildman–Crippen LogP) is 5.26. The van der Waals surface area contributed by atoms with Gasteiger partial charge in [0.2, 0.25) is 0 Å². The smallest absolute Gasteiger partial charge is 0.321 e. The van der Waals surface area contributed by atoms with Gasteiger partial charge in [-0.05, 0) is 48.9 Å². The van der Waals surface area contributed by atoms with Gasteiger partial charge in [-0.1, -0.05) is 24.3 Å². The molecule has 8 heteroatoms. The Bertz CT molecular complexity index is 1250. The monoisotopic (exact) mass is 460 g/mol. The van der Waals surface area contributed by atoms with E-state index in [9.17, 15) is 9.18 Å². The highest BCUT2D eigenvalue weighted by atomic mass is 19.1. The van der Waals surface area contributed by atoms with Crippen LogP contribution in [-0.2, 0) is 0 Å². The molecule has 2 heterocycles. The molecule has 0 unspecified atom stereocenters. The maximum atomic E-state index is 14.0. The number of nitrogens with zero attached hydrogens (tertiary/aromatic N) is 3. The number of anilines is 1. The molecule has 0 aromatic heterocycles. The van der Waals surface area contributed by atoms with Crippen molar-refractivity contribution in [1.82, 2.24) is 9.80 Å². The van der Waals surface area contributed by atoms with Crippen molar-refractivity contribution in [3.05, 3.63) is 78.1 Å². The van der Waals surface area contributed by atoms with Crippen LogP contribution in [0.25, 0.3) is 0 Å². The van der Waals surface area contributed by atoms with Gasteiger partial charge >= 0.3 is 6.03 Å². The highest BCUT2D eigenvalue weighted by Crippen LogP contribution is 2.39. The molecule has 1 N–H and O–H groups in total. The summed E-state index contributed by atoms with van der Waals surface area (Å²) in [4.78, 5) is 21.7. The van der Waals surface area contributed by atoms with E-state index in [1.165, 1.54) is 6.07 Å². The first kappa shape index (κ1) is 21.8. The third kappa shape index (κ3) is 4.39. The van der Waals surface area contributed by atoms with E-state index in [0.29, 0.717) is 43.4 Å². The highest BCUT2D eigenvalue weighted by Gasteiger charge is 2.26. The van der Waals surface area contributed by atoms with Crippen LogP contribution in [0.1, 0.15) is 12.0 Å². The number of fused-ring (bicyclic) bond motifs is 2. The number of hydrogen-bond acceptors (Lipinski definition) is 5. The standard InChI is InChI=1S/C26H25FN4O3/c1-33-18-11-12-23-19(17-18)25(28-22-9-4-5-10-24(22)34-23)30-13-6-14-31(16-15-30)26(32)29-21-8-3-2-7-20(21)27/h2-5,7-12,17H,6,13-16H2,1H3,(H,29,32). The number of ether oxygens (including phenoxy) is 2. The molecule has 0 bridgehead atoms. The maximum absolute atomic E-state index is 14.0. The molecule has 7 nitrogen and oxygen atoms in total. The van der Waals surface area contributed by atoms with Crippen molar-refractivity contribution in [3.8, 4) is 17.2 Å².